The van der Waals surface area contributed by atoms with Gasteiger partial charge in [-0.2, -0.15) is 0 Å². The van der Waals surface area contributed by atoms with Gasteiger partial charge in [0.1, 0.15) is 5.82 Å². The number of aromatic nitrogens is 1. The molecule has 4 nitrogen and oxygen atoms in total. The summed E-state index contributed by atoms with van der Waals surface area (Å²) in [5.41, 5.74) is 3.27. The van der Waals surface area contributed by atoms with Crippen molar-refractivity contribution >= 4 is 24.6 Å². The van der Waals surface area contributed by atoms with Gasteiger partial charge in [-0.05, 0) is 43.7 Å². The zero-order valence-electron chi connectivity index (χ0n) is 13.9. The van der Waals surface area contributed by atoms with E-state index in [1.165, 1.54) is 18.2 Å². The Hall–Kier alpha value is -2.20. The number of nitrogens with zero attached hydrogens (tertiary/aromatic N) is 1. The molecule has 0 fully saturated rings. The molecule has 0 aliphatic carbocycles. The molecule has 0 unspecified atom stereocenters. The molecule has 1 aromatic heterocycles. The van der Waals surface area contributed by atoms with Crippen LogP contribution in [0.15, 0.2) is 54.3 Å². The maximum atomic E-state index is 13.3. The van der Waals surface area contributed by atoms with Crippen molar-refractivity contribution in [2.24, 2.45) is 0 Å². The minimum atomic E-state index is -4.30. The summed E-state index contributed by atoms with van der Waals surface area (Å²) >= 11 is 0. The molecule has 130 valence electrons. The lowest BCUT2D eigenvalue weighted by molar-refractivity contribution is 0.386. The minimum Gasteiger partial charge on any atom is -0.338 e. The third kappa shape index (κ3) is 3.59. The maximum absolute atomic E-state index is 13.3. The number of para-hydroxylation sites is 1. The van der Waals surface area contributed by atoms with Gasteiger partial charge in [0.15, 0.2) is 0 Å². The van der Waals surface area contributed by atoms with Gasteiger partial charge in [-0.25, -0.2) is 4.39 Å². The summed E-state index contributed by atoms with van der Waals surface area (Å²) in [7, 11) is -4.30. The summed E-state index contributed by atoms with van der Waals surface area (Å²) in [6.07, 6.45) is 1.46. The minimum absolute atomic E-state index is 0.0792. The summed E-state index contributed by atoms with van der Waals surface area (Å²) in [6, 6.07) is 14.0. The van der Waals surface area contributed by atoms with Crippen LogP contribution in [0.5, 0.6) is 0 Å². The Labute approximate surface area is 145 Å². The first-order valence-corrected chi connectivity index (χ1v) is 9.59. The average molecular weight is 359 g/mol. The molecule has 6 heteroatoms. The van der Waals surface area contributed by atoms with Crippen molar-refractivity contribution in [3.05, 3.63) is 65.9 Å². The van der Waals surface area contributed by atoms with Crippen molar-refractivity contribution in [3.63, 3.8) is 0 Å². The largest absolute Gasteiger partial charge is 0.349 e. The first-order chi connectivity index (χ1) is 11.8. The molecule has 1 heterocycles. The normalized spacial score (nSPS) is 12.6. The van der Waals surface area contributed by atoms with Gasteiger partial charge in [0.25, 0.3) is 0 Å². The van der Waals surface area contributed by atoms with Crippen LogP contribution in [0, 0.1) is 5.82 Å². The van der Waals surface area contributed by atoms with Gasteiger partial charge in [0, 0.05) is 28.3 Å². The van der Waals surface area contributed by atoms with E-state index in [4.69, 9.17) is 0 Å². The smallest absolute Gasteiger partial charge is 0.338 e. The highest BCUT2D eigenvalue weighted by molar-refractivity contribution is 7.55. The number of halogens is 1. The second-order valence-corrected chi connectivity index (χ2v) is 7.63. The van der Waals surface area contributed by atoms with Gasteiger partial charge in [-0.1, -0.05) is 30.3 Å². The topological polar surface area (TPSA) is 62.5 Å². The molecule has 0 aliphatic rings. The number of fused-ring (bicyclic) bond motifs is 1. The number of hydrogen-bond donors (Lipinski definition) is 2. The van der Waals surface area contributed by atoms with E-state index in [1.54, 1.807) is 12.1 Å². The molecule has 25 heavy (non-hydrogen) atoms. The van der Waals surface area contributed by atoms with E-state index in [2.05, 4.69) is 0 Å². The van der Waals surface area contributed by atoms with Crippen molar-refractivity contribution in [1.82, 2.24) is 4.57 Å². The van der Waals surface area contributed by atoms with Gasteiger partial charge in [0.2, 0.25) is 0 Å². The molecule has 2 aromatic carbocycles. The number of benzene rings is 2. The highest BCUT2D eigenvalue weighted by Gasteiger charge is 2.19. The van der Waals surface area contributed by atoms with Crippen molar-refractivity contribution in [3.8, 4) is 11.1 Å². The van der Waals surface area contributed by atoms with E-state index < -0.39 is 7.60 Å². The van der Waals surface area contributed by atoms with E-state index in [1.807, 2.05) is 42.7 Å². The number of rotatable bonds is 4. The molecular weight excluding hydrogens is 340 g/mol. The lowest BCUT2D eigenvalue weighted by atomic mass is 10.0. The number of hydrogen-bond acceptors (Lipinski definition) is 1. The van der Waals surface area contributed by atoms with E-state index in [0.29, 0.717) is 5.69 Å². The lowest BCUT2D eigenvalue weighted by Gasteiger charge is -2.13. The maximum Gasteiger partial charge on any atom is 0.349 e. The summed E-state index contributed by atoms with van der Waals surface area (Å²) in [4.78, 5) is 18.5. The van der Waals surface area contributed by atoms with Crippen LogP contribution in [0.2, 0.25) is 0 Å². The van der Waals surface area contributed by atoms with Gasteiger partial charge >= 0.3 is 7.60 Å². The van der Waals surface area contributed by atoms with Gasteiger partial charge in [-0.15, -0.1) is 0 Å². The molecule has 0 radical (unpaired) electrons. The first kappa shape index (κ1) is 17.6. The molecule has 3 aromatic rings. The third-order valence-electron chi connectivity index (χ3n) is 4.02. The van der Waals surface area contributed by atoms with Crippen LogP contribution in [0.25, 0.3) is 28.1 Å². The lowest BCUT2D eigenvalue weighted by Crippen LogP contribution is -2.02. The molecule has 0 saturated heterocycles. The van der Waals surface area contributed by atoms with E-state index in [0.717, 1.165) is 27.8 Å². The molecule has 0 saturated carbocycles. The molecule has 0 spiro atoms. The second-order valence-electron chi connectivity index (χ2n) is 6.15. The monoisotopic (exact) mass is 359 g/mol. The van der Waals surface area contributed by atoms with Crippen LogP contribution in [0.3, 0.4) is 0 Å². The molecule has 2 N–H and O–H groups in total. The first-order valence-electron chi connectivity index (χ1n) is 7.91. The fourth-order valence-corrected chi connectivity index (χ4v) is 3.43. The SMILES string of the molecule is CC(C)n1c(C=CP(=O)(O)O)c(-c2ccc(F)cc2)c2ccccc21. The highest BCUT2D eigenvalue weighted by atomic mass is 31.2. The molecule has 3 rings (SSSR count). The summed E-state index contributed by atoms with van der Waals surface area (Å²) in [6.45, 7) is 4.02. The quantitative estimate of drug-likeness (QED) is 0.631. The van der Waals surface area contributed by atoms with E-state index in [-0.39, 0.29) is 11.9 Å². The predicted molar refractivity (Wildman–Crippen MR) is 98.8 cm³/mol. The van der Waals surface area contributed by atoms with Crippen LogP contribution in [-0.4, -0.2) is 14.4 Å². The van der Waals surface area contributed by atoms with Gasteiger partial charge in [0.05, 0.1) is 5.69 Å². The van der Waals surface area contributed by atoms with Crippen LogP contribution < -0.4 is 0 Å². The predicted octanol–water partition coefficient (Wildman–Crippen LogP) is 5.18. The van der Waals surface area contributed by atoms with Crippen molar-refractivity contribution in [2.75, 3.05) is 0 Å². The van der Waals surface area contributed by atoms with Crippen LogP contribution >= 0.6 is 7.60 Å². The van der Waals surface area contributed by atoms with Crippen LogP contribution in [-0.2, 0) is 4.57 Å². The standard InChI is InChI=1S/C19H19FNO3P/c1-13(2)21-17-6-4-3-5-16(17)19(14-7-9-15(20)10-8-14)18(21)11-12-25(22,23)24/h3-13H,1-2H3,(H2,22,23,24). The third-order valence-corrected chi connectivity index (χ3v) is 4.56. The molecule has 0 atom stereocenters. The Morgan fingerprint density at radius 1 is 1.08 bits per heavy atom. The summed E-state index contributed by atoms with van der Waals surface area (Å²) in [5.74, 6) is 0.580. The summed E-state index contributed by atoms with van der Waals surface area (Å²) in [5, 5.41) is 0.952. The Kier molecular flexibility index (Phi) is 4.65. The second kappa shape index (κ2) is 6.60. The Morgan fingerprint density at radius 3 is 2.32 bits per heavy atom. The van der Waals surface area contributed by atoms with Crippen molar-refractivity contribution < 1.29 is 18.7 Å². The average Bonchev–Trinajstić information content (AvgIpc) is 2.87. The van der Waals surface area contributed by atoms with Crippen LogP contribution in [0.1, 0.15) is 25.6 Å². The van der Waals surface area contributed by atoms with E-state index >= 15 is 0 Å². The van der Waals surface area contributed by atoms with Gasteiger partial charge < -0.3 is 14.4 Å². The Morgan fingerprint density at radius 2 is 1.72 bits per heavy atom. The van der Waals surface area contributed by atoms with Crippen molar-refractivity contribution in [1.29, 1.82) is 0 Å². The highest BCUT2D eigenvalue weighted by Crippen LogP contribution is 2.41. The molecule has 0 amide bonds. The zero-order valence-corrected chi connectivity index (χ0v) is 14.8. The molecular formula is C19H19FNO3P. The fraction of sp³-hybridized carbons (Fsp3) is 0.158. The Balaban J connectivity index is 2.38. The van der Waals surface area contributed by atoms with Gasteiger partial charge in [-0.3, -0.25) is 4.57 Å². The summed E-state index contributed by atoms with van der Waals surface area (Å²) < 4.78 is 26.7. The molecule has 0 aliphatic heterocycles. The zero-order chi connectivity index (χ0) is 18.2. The van der Waals surface area contributed by atoms with E-state index in [9.17, 15) is 18.7 Å². The Bertz CT molecular complexity index is 984. The van der Waals surface area contributed by atoms with Crippen LogP contribution in [0.4, 0.5) is 4.39 Å². The van der Waals surface area contributed by atoms with Crippen molar-refractivity contribution in [2.45, 2.75) is 19.9 Å². The molecule has 0 bridgehead atoms. The fourth-order valence-electron chi connectivity index (χ4n) is 3.09.